The van der Waals surface area contributed by atoms with Crippen molar-refractivity contribution >= 4 is 16.7 Å². The lowest BCUT2D eigenvalue weighted by atomic mass is 9.80. The summed E-state index contributed by atoms with van der Waals surface area (Å²) in [4.78, 5) is 8.70. The van der Waals surface area contributed by atoms with E-state index in [2.05, 4.69) is 28.3 Å². The van der Waals surface area contributed by atoms with Gasteiger partial charge in [-0.25, -0.2) is 9.97 Å². The minimum absolute atomic E-state index is 0.0000412. The minimum Gasteiger partial charge on any atom is -0.376 e. The van der Waals surface area contributed by atoms with Crippen molar-refractivity contribution < 1.29 is 4.74 Å². The van der Waals surface area contributed by atoms with Gasteiger partial charge in [-0.05, 0) is 37.8 Å². The van der Waals surface area contributed by atoms with E-state index in [1.807, 2.05) is 12.1 Å². The molecule has 100 valence electrons. The second-order valence-electron chi connectivity index (χ2n) is 5.29. The highest BCUT2D eigenvalue weighted by Gasteiger charge is 2.36. The van der Waals surface area contributed by atoms with Gasteiger partial charge in [0, 0.05) is 19.0 Å². The first-order valence-corrected chi connectivity index (χ1v) is 6.73. The normalized spacial score (nSPS) is 17.2. The number of nitrogens with one attached hydrogen (secondary N) is 1. The van der Waals surface area contributed by atoms with E-state index < -0.39 is 0 Å². The number of benzene rings is 1. The largest absolute Gasteiger partial charge is 0.376 e. The predicted octanol–water partition coefficient (Wildman–Crippen LogP) is 2.92. The maximum absolute atomic E-state index is 5.63. The van der Waals surface area contributed by atoms with Gasteiger partial charge in [0.05, 0.1) is 11.1 Å². The van der Waals surface area contributed by atoms with E-state index >= 15 is 0 Å². The molecule has 0 saturated heterocycles. The van der Waals surface area contributed by atoms with E-state index in [-0.39, 0.29) is 5.60 Å². The summed E-state index contributed by atoms with van der Waals surface area (Å²) in [5.74, 6) is 0.909. The fourth-order valence-corrected chi connectivity index (χ4v) is 2.68. The Balaban J connectivity index is 1.89. The summed E-state index contributed by atoms with van der Waals surface area (Å²) >= 11 is 0. The minimum atomic E-state index is -0.0000412. The Bertz CT molecular complexity index is 582. The third-order valence-electron chi connectivity index (χ3n) is 4.15. The standard InChI is InChI=1S/C15H19N3O/c1-11-5-3-6-12-13(11)14(18-10-17-12)16-9-15(19-2)7-4-8-15/h3,5-6,10H,4,7-9H2,1-2H3,(H,16,17,18). The van der Waals surface area contributed by atoms with Gasteiger partial charge in [-0.1, -0.05) is 12.1 Å². The summed E-state index contributed by atoms with van der Waals surface area (Å²) in [7, 11) is 1.80. The Hall–Kier alpha value is -1.68. The molecule has 1 aromatic heterocycles. The average Bonchev–Trinajstić information content (AvgIpc) is 2.38. The zero-order valence-corrected chi connectivity index (χ0v) is 11.4. The number of hydrogen-bond donors (Lipinski definition) is 1. The molecule has 1 aliphatic rings. The van der Waals surface area contributed by atoms with Gasteiger partial charge in [0.1, 0.15) is 12.1 Å². The first kappa shape index (κ1) is 12.4. The van der Waals surface area contributed by atoms with Crippen LogP contribution in [0.15, 0.2) is 24.5 Å². The molecule has 4 nitrogen and oxygen atoms in total. The zero-order chi connectivity index (χ0) is 13.3. The molecule has 1 saturated carbocycles. The molecule has 0 atom stereocenters. The average molecular weight is 257 g/mol. The molecule has 0 bridgehead atoms. The Morgan fingerprint density at radius 3 is 2.84 bits per heavy atom. The number of anilines is 1. The van der Waals surface area contributed by atoms with Crippen LogP contribution in [0.25, 0.3) is 10.9 Å². The smallest absolute Gasteiger partial charge is 0.137 e. The van der Waals surface area contributed by atoms with Gasteiger partial charge in [-0.2, -0.15) is 0 Å². The van der Waals surface area contributed by atoms with Crippen LogP contribution in [0, 0.1) is 6.92 Å². The fourth-order valence-electron chi connectivity index (χ4n) is 2.68. The summed E-state index contributed by atoms with van der Waals surface area (Å²) in [5, 5.41) is 4.55. The second kappa shape index (κ2) is 4.78. The van der Waals surface area contributed by atoms with Crippen LogP contribution in [0.1, 0.15) is 24.8 Å². The van der Waals surface area contributed by atoms with Crippen molar-refractivity contribution in [1.29, 1.82) is 0 Å². The molecule has 2 aromatic rings. The van der Waals surface area contributed by atoms with Crippen LogP contribution >= 0.6 is 0 Å². The predicted molar refractivity (Wildman–Crippen MR) is 76.4 cm³/mol. The highest BCUT2D eigenvalue weighted by Crippen LogP contribution is 2.35. The third kappa shape index (κ3) is 2.16. The van der Waals surface area contributed by atoms with E-state index in [1.54, 1.807) is 13.4 Å². The molecule has 1 heterocycles. The van der Waals surface area contributed by atoms with Gasteiger partial charge in [0.2, 0.25) is 0 Å². The molecule has 19 heavy (non-hydrogen) atoms. The summed E-state index contributed by atoms with van der Waals surface area (Å²) in [6.45, 7) is 2.90. The Morgan fingerprint density at radius 2 is 2.16 bits per heavy atom. The van der Waals surface area contributed by atoms with Crippen molar-refractivity contribution in [3.63, 3.8) is 0 Å². The summed E-state index contributed by atoms with van der Waals surface area (Å²) < 4.78 is 5.63. The topological polar surface area (TPSA) is 47.0 Å². The van der Waals surface area contributed by atoms with Crippen molar-refractivity contribution in [3.05, 3.63) is 30.1 Å². The number of nitrogens with zero attached hydrogens (tertiary/aromatic N) is 2. The Kier molecular flexibility index (Phi) is 3.11. The molecule has 4 heteroatoms. The van der Waals surface area contributed by atoms with E-state index in [1.165, 1.54) is 12.0 Å². The highest BCUT2D eigenvalue weighted by atomic mass is 16.5. The van der Waals surface area contributed by atoms with Crippen molar-refractivity contribution in [2.75, 3.05) is 19.0 Å². The van der Waals surface area contributed by atoms with Crippen LogP contribution in [-0.2, 0) is 4.74 Å². The van der Waals surface area contributed by atoms with E-state index in [9.17, 15) is 0 Å². The lowest BCUT2D eigenvalue weighted by Crippen LogP contribution is -2.45. The molecule has 0 spiro atoms. The van der Waals surface area contributed by atoms with Gasteiger partial charge < -0.3 is 10.1 Å². The zero-order valence-electron chi connectivity index (χ0n) is 11.4. The summed E-state index contributed by atoms with van der Waals surface area (Å²) in [6.07, 6.45) is 5.11. The number of aryl methyl sites for hydroxylation is 1. The molecule has 1 N–H and O–H groups in total. The highest BCUT2D eigenvalue weighted by molar-refractivity contribution is 5.91. The van der Waals surface area contributed by atoms with Crippen molar-refractivity contribution in [3.8, 4) is 0 Å². The molecule has 1 aliphatic carbocycles. The van der Waals surface area contributed by atoms with E-state index in [4.69, 9.17) is 4.74 Å². The number of ether oxygens (including phenoxy) is 1. The maximum Gasteiger partial charge on any atom is 0.137 e. The molecule has 0 radical (unpaired) electrons. The van der Waals surface area contributed by atoms with Gasteiger partial charge in [0.25, 0.3) is 0 Å². The molecule has 0 unspecified atom stereocenters. The molecule has 0 amide bonds. The number of rotatable bonds is 4. The van der Waals surface area contributed by atoms with Crippen molar-refractivity contribution in [1.82, 2.24) is 9.97 Å². The molecular formula is C15H19N3O. The third-order valence-corrected chi connectivity index (χ3v) is 4.15. The van der Waals surface area contributed by atoms with Gasteiger partial charge in [-0.3, -0.25) is 0 Å². The number of fused-ring (bicyclic) bond motifs is 1. The monoisotopic (exact) mass is 257 g/mol. The first-order chi connectivity index (χ1) is 9.24. The van der Waals surface area contributed by atoms with Crippen LogP contribution in [0.3, 0.4) is 0 Å². The fraction of sp³-hybridized carbons (Fsp3) is 0.467. The van der Waals surface area contributed by atoms with Crippen molar-refractivity contribution in [2.45, 2.75) is 31.8 Å². The SMILES string of the molecule is COC1(CNc2ncnc3cccc(C)c23)CCC1. The molecule has 0 aliphatic heterocycles. The lowest BCUT2D eigenvalue weighted by molar-refractivity contribution is -0.0601. The van der Waals surface area contributed by atoms with Crippen LogP contribution in [-0.4, -0.2) is 29.2 Å². The molecule has 1 fully saturated rings. The lowest BCUT2D eigenvalue weighted by Gasteiger charge is -2.40. The van der Waals surface area contributed by atoms with Gasteiger partial charge in [0.15, 0.2) is 0 Å². The molecule has 3 rings (SSSR count). The van der Waals surface area contributed by atoms with Crippen LogP contribution in [0.4, 0.5) is 5.82 Å². The van der Waals surface area contributed by atoms with E-state index in [0.717, 1.165) is 36.1 Å². The first-order valence-electron chi connectivity index (χ1n) is 6.73. The van der Waals surface area contributed by atoms with Crippen molar-refractivity contribution in [2.24, 2.45) is 0 Å². The second-order valence-corrected chi connectivity index (χ2v) is 5.29. The van der Waals surface area contributed by atoms with Crippen LogP contribution in [0.5, 0.6) is 0 Å². The summed E-state index contributed by atoms with van der Waals surface area (Å²) in [5.41, 5.74) is 2.18. The van der Waals surface area contributed by atoms with E-state index in [0.29, 0.717) is 0 Å². The molecule has 1 aromatic carbocycles. The molecular weight excluding hydrogens is 238 g/mol. The summed E-state index contributed by atoms with van der Waals surface area (Å²) in [6, 6.07) is 6.13. The van der Waals surface area contributed by atoms with Gasteiger partial charge in [-0.15, -0.1) is 0 Å². The number of aromatic nitrogens is 2. The van der Waals surface area contributed by atoms with Gasteiger partial charge >= 0.3 is 0 Å². The Morgan fingerprint density at radius 1 is 1.32 bits per heavy atom. The number of hydrogen-bond acceptors (Lipinski definition) is 4. The number of methoxy groups -OCH3 is 1. The van der Waals surface area contributed by atoms with Crippen LogP contribution < -0.4 is 5.32 Å². The Labute approximate surface area is 113 Å². The van der Waals surface area contributed by atoms with Crippen LogP contribution in [0.2, 0.25) is 0 Å². The quantitative estimate of drug-likeness (QED) is 0.914. The maximum atomic E-state index is 5.63.